The number of ether oxygens (including phenoxy) is 2. The van der Waals surface area contributed by atoms with Crippen LogP contribution in [0, 0.1) is 0 Å². The number of halogens is 2. The van der Waals surface area contributed by atoms with Crippen molar-refractivity contribution in [2.24, 2.45) is 7.05 Å². The SMILES string of the molecule is COc1cc(OC)cc(C(NS(=O)(=O)Cc2ccc(Cl)c(Cl)c2)c2nccn2C)c1. The minimum Gasteiger partial charge on any atom is -0.497 e. The van der Waals surface area contributed by atoms with Gasteiger partial charge in [-0.2, -0.15) is 4.72 Å². The Hall–Kier alpha value is -2.26. The molecular weight excluding hydrogens is 449 g/mol. The predicted octanol–water partition coefficient (Wildman–Crippen LogP) is 3.95. The summed E-state index contributed by atoms with van der Waals surface area (Å²) in [5.74, 6) is 1.31. The van der Waals surface area contributed by atoms with Crippen LogP contribution < -0.4 is 14.2 Å². The highest BCUT2D eigenvalue weighted by Crippen LogP contribution is 2.30. The third kappa shape index (κ3) is 5.26. The zero-order valence-electron chi connectivity index (χ0n) is 16.6. The standard InChI is InChI=1S/C20H21Cl2N3O4S/c1-25-7-6-23-20(25)19(14-9-15(28-2)11-16(10-14)29-3)24-30(26,27)12-13-4-5-17(21)18(22)8-13/h4-11,19,24H,12H2,1-3H3. The molecule has 0 saturated heterocycles. The van der Waals surface area contributed by atoms with Crippen molar-refractivity contribution in [2.45, 2.75) is 11.8 Å². The Morgan fingerprint density at radius 2 is 1.73 bits per heavy atom. The lowest BCUT2D eigenvalue weighted by atomic mass is 10.1. The zero-order chi connectivity index (χ0) is 21.9. The average molecular weight is 470 g/mol. The number of nitrogens with one attached hydrogen (secondary N) is 1. The predicted molar refractivity (Wildman–Crippen MR) is 117 cm³/mol. The van der Waals surface area contributed by atoms with Crippen molar-refractivity contribution in [3.63, 3.8) is 0 Å². The Morgan fingerprint density at radius 3 is 2.27 bits per heavy atom. The van der Waals surface area contributed by atoms with Crippen molar-refractivity contribution in [1.29, 1.82) is 0 Å². The second-order valence-electron chi connectivity index (χ2n) is 6.60. The van der Waals surface area contributed by atoms with Gasteiger partial charge in [-0.25, -0.2) is 13.4 Å². The van der Waals surface area contributed by atoms with Crippen LogP contribution in [0.15, 0.2) is 48.8 Å². The first-order valence-corrected chi connectivity index (χ1v) is 11.3. The molecule has 1 atom stereocenters. The van der Waals surface area contributed by atoms with Gasteiger partial charge in [0, 0.05) is 25.5 Å². The molecule has 0 aliphatic heterocycles. The molecule has 30 heavy (non-hydrogen) atoms. The van der Waals surface area contributed by atoms with Crippen molar-refractivity contribution in [3.8, 4) is 11.5 Å². The van der Waals surface area contributed by atoms with E-state index in [9.17, 15) is 8.42 Å². The molecule has 3 aromatic rings. The number of sulfonamides is 1. The molecule has 0 spiro atoms. The van der Waals surface area contributed by atoms with Gasteiger partial charge in [-0.05, 0) is 35.4 Å². The van der Waals surface area contributed by atoms with Gasteiger partial charge < -0.3 is 14.0 Å². The molecule has 1 unspecified atom stereocenters. The van der Waals surface area contributed by atoms with E-state index in [4.69, 9.17) is 32.7 Å². The van der Waals surface area contributed by atoms with E-state index in [1.807, 2.05) is 0 Å². The van der Waals surface area contributed by atoms with Crippen LogP contribution in [0.3, 0.4) is 0 Å². The molecule has 10 heteroatoms. The molecular formula is C20H21Cl2N3O4S. The highest BCUT2D eigenvalue weighted by Gasteiger charge is 2.26. The Bertz CT molecular complexity index is 1130. The third-order valence-electron chi connectivity index (χ3n) is 4.46. The Balaban J connectivity index is 1.99. The maximum atomic E-state index is 13.0. The van der Waals surface area contributed by atoms with Crippen LogP contribution in [0.4, 0.5) is 0 Å². The minimum absolute atomic E-state index is 0.272. The number of benzene rings is 2. The Morgan fingerprint density at radius 1 is 1.07 bits per heavy atom. The highest BCUT2D eigenvalue weighted by atomic mass is 35.5. The second kappa shape index (κ2) is 9.26. The topological polar surface area (TPSA) is 82.4 Å². The van der Waals surface area contributed by atoms with Crippen molar-refractivity contribution >= 4 is 33.2 Å². The summed E-state index contributed by atoms with van der Waals surface area (Å²) in [4.78, 5) is 4.34. The molecule has 0 aliphatic carbocycles. The van der Waals surface area contributed by atoms with Gasteiger partial charge in [0.15, 0.2) is 0 Å². The normalized spacial score (nSPS) is 12.6. The van der Waals surface area contributed by atoms with Gasteiger partial charge in [0.1, 0.15) is 23.4 Å². The fraction of sp³-hybridized carbons (Fsp3) is 0.250. The average Bonchev–Trinajstić information content (AvgIpc) is 3.14. The molecule has 3 rings (SSSR count). The highest BCUT2D eigenvalue weighted by molar-refractivity contribution is 7.88. The smallest absolute Gasteiger partial charge is 0.216 e. The van der Waals surface area contributed by atoms with Gasteiger partial charge in [-0.15, -0.1) is 0 Å². The Kier molecular flexibility index (Phi) is 6.92. The molecule has 0 amide bonds. The van der Waals surface area contributed by atoms with Crippen LogP contribution in [0.2, 0.25) is 10.0 Å². The Labute approximate surface area is 185 Å². The molecule has 0 radical (unpaired) electrons. The first-order valence-electron chi connectivity index (χ1n) is 8.86. The van der Waals surface area contributed by atoms with E-state index < -0.39 is 16.1 Å². The van der Waals surface area contributed by atoms with Gasteiger partial charge >= 0.3 is 0 Å². The van der Waals surface area contributed by atoms with Crippen LogP contribution in [0.5, 0.6) is 11.5 Å². The lowest BCUT2D eigenvalue weighted by molar-refractivity contribution is 0.392. The summed E-state index contributed by atoms with van der Waals surface area (Å²) in [6.07, 6.45) is 3.35. The number of nitrogens with zero attached hydrogens (tertiary/aromatic N) is 2. The number of aromatic nitrogens is 2. The van der Waals surface area contributed by atoms with Crippen LogP contribution >= 0.6 is 23.2 Å². The molecule has 1 N–H and O–H groups in total. The summed E-state index contributed by atoms with van der Waals surface area (Å²) in [6.45, 7) is 0. The van der Waals surface area contributed by atoms with Crippen molar-refractivity contribution < 1.29 is 17.9 Å². The van der Waals surface area contributed by atoms with Crippen molar-refractivity contribution in [3.05, 3.63) is 75.8 Å². The van der Waals surface area contributed by atoms with Gasteiger partial charge in [-0.3, -0.25) is 0 Å². The van der Waals surface area contributed by atoms with E-state index in [1.54, 1.807) is 54.3 Å². The summed E-state index contributed by atoms with van der Waals surface area (Å²) in [5.41, 5.74) is 1.14. The molecule has 7 nitrogen and oxygen atoms in total. The largest absolute Gasteiger partial charge is 0.497 e. The van der Waals surface area contributed by atoms with Gasteiger partial charge in [0.2, 0.25) is 10.0 Å². The lowest BCUT2D eigenvalue weighted by Crippen LogP contribution is -2.32. The monoisotopic (exact) mass is 469 g/mol. The summed E-state index contributed by atoms with van der Waals surface area (Å²) in [5, 5.41) is 0.655. The van der Waals surface area contributed by atoms with Gasteiger partial charge in [0.05, 0.1) is 30.0 Å². The first kappa shape index (κ1) is 22.4. The third-order valence-corrected chi connectivity index (χ3v) is 6.51. The van der Waals surface area contributed by atoms with E-state index >= 15 is 0 Å². The number of aryl methyl sites for hydroxylation is 1. The molecule has 0 saturated carbocycles. The maximum Gasteiger partial charge on any atom is 0.216 e. The molecule has 1 aromatic heterocycles. The van der Waals surface area contributed by atoms with Crippen molar-refractivity contribution in [2.75, 3.05) is 14.2 Å². The molecule has 2 aromatic carbocycles. The van der Waals surface area contributed by atoms with E-state index in [2.05, 4.69) is 9.71 Å². The van der Waals surface area contributed by atoms with Crippen LogP contribution in [0.1, 0.15) is 23.0 Å². The number of methoxy groups -OCH3 is 2. The first-order chi connectivity index (χ1) is 14.2. The van der Waals surface area contributed by atoms with Gasteiger partial charge in [-0.1, -0.05) is 29.3 Å². The van der Waals surface area contributed by atoms with Crippen LogP contribution in [-0.2, 0) is 22.8 Å². The number of rotatable bonds is 8. The van der Waals surface area contributed by atoms with Gasteiger partial charge in [0.25, 0.3) is 0 Å². The van der Waals surface area contributed by atoms with E-state index in [1.165, 1.54) is 20.3 Å². The summed E-state index contributed by atoms with van der Waals surface area (Å²) >= 11 is 12.0. The van der Waals surface area contributed by atoms with E-state index in [0.717, 1.165) is 0 Å². The molecule has 1 heterocycles. The fourth-order valence-corrected chi connectivity index (χ4v) is 4.61. The second-order valence-corrected chi connectivity index (χ2v) is 9.17. The zero-order valence-corrected chi connectivity index (χ0v) is 18.9. The summed E-state index contributed by atoms with van der Waals surface area (Å²) in [6, 6.07) is 9.15. The van der Waals surface area contributed by atoms with E-state index in [0.29, 0.717) is 38.5 Å². The number of imidazole rings is 1. The molecule has 160 valence electrons. The molecule has 0 bridgehead atoms. The molecule has 0 fully saturated rings. The van der Waals surface area contributed by atoms with Crippen LogP contribution in [-0.4, -0.2) is 32.2 Å². The van der Waals surface area contributed by atoms with Crippen molar-refractivity contribution in [1.82, 2.24) is 14.3 Å². The molecule has 0 aliphatic rings. The van der Waals surface area contributed by atoms with E-state index in [-0.39, 0.29) is 5.75 Å². The number of hydrogen-bond acceptors (Lipinski definition) is 5. The fourth-order valence-electron chi connectivity index (χ4n) is 2.99. The maximum absolute atomic E-state index is 13.0. The minimum atomic E-state index is -3.78. The summed E-state index contributed by atoms with van der Waals surface area (Å²) in [7, 11) is 1.07. The lowest BCUT2D eigenvalue weighted by Gasteiger charge is -2.20. The van der Waals surface area contributed by atoms with Crippen LogP contribution in [0.25, 0.3) is 0 Å². The quantitative estimate of drug-likeness (QED) is 0.539. The summed E-state index contributed by atoms with van der Waals surface area (Å²) < 4.78 is 41.2. The number of hydrogen-bond donors (Lipinski definition) is 1.